The second-order valence-electron chi connectivity index (χ2n) is 5.29. The lowest BCUT2D eigenvalue weighted by Gasteiger charge is -2.18. The van der Waals surface area contributed by atoms with Crippen molar-refractivity contribution in [1.29, 1.82) is 0 Å². The topological polar surface area (TPSA) is 45.2 Å². The number of nitrogens with zero attached hydrogens (tertiary/aromatic N) is 2. The van der Waals surface area contributed by atoms with Crippen LogP contribution < -0.4 is 10.2 Å². The van der Waals surface area contributed by atoms with E-state index in [1.54, 1.807) is 6.07 Å². The molecule has 1 saturated heterocycles. The van der Waals surface area contributed by atoms with Gasteiger partial charge < -0.3 is 10.2 Å². The van der Waals surface area contributed by atoms with Crippen LogP contribution in [0, 0.1) is 0 Å². The summed E-state index contributed by atoms with van der Waals surface area (Å²) in [7, 11) is 0. The van der Waals surface area contributed by atoms with Gasteiger partial charge in [0, 0.05) is 25.3 Å². The number of carbonyl (C=O) groups excluding carboxylic acids is 1. The highest BCUT2D eigenvalue weighted by Gasteiger charge is 2.31. The molecule has 1 amide bonds. The van der Waals surface area contributed by atoms with E-state index >= 15 is 0 Å². The van der Waals surface area contributed by atoms with Gasteiger partial charge >= 0.3 is 6.18 Å². The molecule has 1 aliphatic heterocycles. The highest BCUT2D eigenvalue weighted by Crippen LogP contribution is 2.29. The summed E-state index contributed by atoms with van der Waals surface area (Å²) in [6, 6.07) is 5.93. The number of nitrogens with one attached hydrogen (secondary N) is 1. The van der Waals surface area contributed by atoms with Crippen molar-refractivity contribution in [3.8, 4) is 0 Å². The third-order valence-corrected chi connectivity index (χ3v) is 4.54. The number of anilines is 1. The summed E-state index contributed by atoms with van der Waals surface area (Å²) < 4.78 is 37.6. The third-order valence-electron chi connectivity index (χ3n) is 3.67. The summed E-state index contributed by atoms with van der Waals surface area (Å²) in [5, 5.41) is 4.77. The van der Waals surface area contributed by atoms with E-state index in [9.17, 15) is 18.0 Å². The van der Waals surface area contributed by atoms with Gasteiger partial charge in [0.05, 0.1) is 10.4 Å². The van der Waals surface area contributed by atoms with Crippen molar-refractivity contribution in [2.75, 3.05) is 18.0 Å². The van der Waals surface area contributed by atoms with Crippen LogP contribution in [0.5, 0.6) is 0 Å². The van der Waals surface area contributed by atoms with Crippen LogP contribution >= 0.6 is 11.3 Å². The first-order valence-electron chi connectivity index (χ1n) is 7.06. The van der Waals surface area contributed by atoms with E-state index in [1.807, 2.05) is 16.3 Å². The molecule has 0 bridgehead atoms. The Balaban J connectivity index is 1.60. The Kier molecular flexibility index (Phi) is 4.25. The molecule has 23 heavy (non-hydrogen) atoms. The number of thiophene rings is 1. The standard InChI is InChI=1S/C15H14F3N3OS/c16-15(17,18)10-3-4-13(19-8-10)21-6-5-11(9-21)20-14(22)12-2-1-7-23-12/h1-4,7-8,11H,5-6,9H2,(H,20,22). The van der Waals surface area contributed by atoms with Gasteiger partial charge in [-0.15, -0.1) is 11.3 Å². The minimum Gasteiger partial charge on any atom is -0.354 e. The second-order valence-corrected chi connectivity index (χ2v) is 6.23. The molecular weight excluding hydrogens is 327 g/mol. The predicted octanol–water partition coefficient (Wildman–Crippen LogP) is 3.17. The molecular formula is C15H14F3N3OS. The molecule has 1 aliphatic rings. The number of pyridine rings is 1. The van der Waals surface area contributed by atoms with Gasteiger partial charge in [0.2, 0.25) is 0 Å². The molecule has 0 spiro atoms. The van der Waals surface area contributed by atoms with E-state index < -0.39 is 11.7 Å². The van der Waals surface area contributed by atoms with Crippen LogP contribution in [0.4, 0.5) is 19.0 Å². The van der Waals surface area contributed by atoms with Gasteiger partial charge in [-0.1, -0.05) is 6.07 Å². The largest absolute Gasteiger partial charge is 0.417 e. The van der Waals surface area contributed by atoms with Crippen LogP contribution in [-0.4, -0.2) is 30.0 Å². The molecule has 2 aromatic rings. The fraction of sp³-hybridized carbons (Fsp3) is 0.333. The Hall–Kier alpha value is -2.09. The van der Waals surface area contributed by atoms with Crippen LogP contribution in [0.1, 0.15) is 21.7 Å². The summed E-state index contributed by atoms with van der Waals surface area (Å²) in [5.41, 5.74) is -0.761. The van der Waals surface area contributed by atoms with Crippen LogP contribution in [0.3, 0.4) is 0 Å². The summed E-state index contributed by atoms with van der Waals surface area (Å²) >= 11 is 1.37. The second kappa shape index (κ2) is 6.19. The average molecular weight is 341 g/mol. The highest BCUT2D eigenvalue weighted by molar-refractivity contribution is 7.12. The van der Waals surface area contributed by atoms with Crippen LogP contribution in [0.25, 0.3) is 0 Å². The molecule has 4 nitrogen and oxygen atoms in total. The molecule has 0 saturated carbocycles. The molecule has 122 valence electrons. The van der Waals surface area contributed by atoms with Crippen molar-refractivity contribution in [1.82, 2.24) is 10.3 Å². The maximum atomic E-state index is 12.5. The average Bonchev–Trinajstić information content (AvgIpc) is 3.18. The van der Waals surface area contributed by atoms with Gasteiger partial charge in [0.25, 0.3) is 5.91 Å². The number of carbonyl (C=O) groups is 1. The Morgan fingerprint density at radius 1 is 1.35 bits per heavy atom. The van der Waals surface area contributed by atoms with Crippen molar-refractivity contribution in [2.24, 2.45) is 0 Å². The molecule has 3 heterocycles. The quantitative estimate of drug-likeness (QED) is 0.933. The normalized spacial score (nSPS) is 18.2. The maximum absolute atomic E-state index is 12.5. The Bertz CT molecular complexity index is 670. The number of amides is 1. The summed E-state index contributed by atoms with van der Waals surface area (Å²) in [4.78, 5) is 18.4. The summed E-state index contributed by atoms with van der Waals surface area (Å²) in [5.74, 6) is 0.373. The zero-order valence-electron chi connectivity index (χ0n) is 12.0. The Labute approximate surface area is 135 Å². The first-order chi connectivity index (χ1) is 10.9. The predicted molar refractivity (Wildman–Crippen MR) is 81.6 cm³/mol. The van der Waals surface area contributed by atoms with Crippen molar-refractivity contribution >= 4 is 23.1 Å². The van der Waals surface area contributed by atoms with Gasteiger partial charge in [0.15, 0.2) is 0 Å². The molecule has 0 aromatic carbocycles. The first-order valence-corrected chi connectivity index (χ1v) is 7.94. The van der Waals surface area contributed by atoms with Crippen LogP contribution in [0.15, 0.2) is 35.8 Å². The summed E-state index contributed by atoms with van der Waals surface area (Å²) in [6.45, 7) is 1.18. The van der Waals surface area contributed by atoms with Crippen molar-refractivity contribution in [3.05, 3.63) is 46.3 Å². The number of aromatic nitrogens is 1. The van der Waals surface area contributed by atoms with E-state index in [0.717, 1.165) is 18.7 Å². The van der Waals surface area contributed by atoms with Crippen LogP contribution in [-0.2, 0) is 6.18 Å². The van der Waals surface area contributed by atoms with Crippen LogP contribution in [0.2, 0.25) is 0 Å². The van der Waals surface area contributed by atoms with E-state index in [4.69, 9.17) is 0 Å². The molecule has 3 rings (SSSR count). The Morgan fingerprint density at radius 2 is 2.17 bits per heavy atom. The third kappa shape index (κ3) is 3.64. The van der Waals surface area contributed by atoms with Gasteiger partial charge in [-0.2, -0.15) is 13.2 Å². The smallest absolute Gasteiger partial charge is 0.354 e. The molecule has 1 unspecified atom stereocenters. The molecule has 0 aliphatic carbocycles. The molecule has 1 N–H and O–H groups in total. The SMILES string of the molecule is O=C(NC1CCN(c2ccc(C(F)(F)F)cn2)C1)c1cccs1. The van der Waals surface area contributed by atoms with E-state index in [-0.39, 0.29) is 11.9 Å². The van der Waals surface area contributed by atoms with E-state index in [2.05, 4.69) is 10.3 Å². The van der Waals surface area contributed by atoms with Crippen molar-refractivity contribution in [2.45, 2.75) is 18.6 Å². The Morgan fingerprint density at radius 3 is 2.78 bits per heavy atom. The molecule has 8 heteroatoms. The summed E-state index contributed by atoms with van der Waals surface area (Å²) in [6.07, 6.45) is -2.81. The molecule has 2 aromatic heterocycles. The van der Waals surface area contributed by atoms with E-state index in [1.165, 1.54) is 17.4 Å². The molecule has 1 fully saturated rings. The lowest BCUT2D eigenvalue weighted by atomic mass is 10.2. The van der Waals surface area contributed by atoms with Gasteiger partial charge in [-0.3, -0.25) is 4.79 Å². The number of hydrogen-bond donors (Lipinski definition) is 1. The fourth-order valence-electron chi connectivity index (χ4n) is 2.49. The van der Waals surface area contributed by atoms with Gasteiger partial charge in [-0.25, -0.2) is 4.98 Å². The monoisotopic (exact) mass is 341 g/mol. The molecule has 1 atom stereocenters. The minimum atomic E-state index is -4.38. The number of halogens is 3. The lowest BCUT2D eigenvalue weighted by molar-refractivity contribution is -0.137. The van der Waals surface area contributed by atoms with Crippen molar-refractivity contribution < 1.29 is 18.0 Å². The molecule has 0 radical (unpaired) electrons. The number of hydrogen-bond acceptors (Lipinski definition) is 4. The lowest BCUT2D eigenvalue weighted by Crippen LogP contribution is -2.36. The fourth-order valence-corrected chi connectivity index (χ4v) is 3.12. The van der Waals surface area contributed by atoms with E-state index in [0.29, 0.717) is 23.8 Å². The van der Waals surface area contributed by atoms with Gasteiger partial charge in [0.1, 0.15) is 5.82 Å². The zero-order chi connectivity index (χ0) is 16.4. The minimum absolute atomic E-state index is 0.0336. The van der Waals surface area contributed by atoms with Gasteiger partial charge in [-0.05, 0) is 30.0 Å². The first kappa shape index (κ1) is 15.8. The maximum Gasteiger partial charge on any atom is 0.417 e. The zero-order valence-corrected chi connectivity index (χ0v) is 12.8. The van der Waals surface area contributed by atoms with Crippen molar-refractivity contribution in [3.63, 3.8) is 0 Å². The number of rotatable bonds is 3. The number of alkyl halides is 3. The highest BCUT2D eigenvalue weighted by atomic mass is 32.1.